The lowest BCUT2D eigenvalue weighted by Gasteiger charge is -2.11. The number of aromatic nitrogens is 2. The van der Waals surface area contributed by atoms with E-state index in [0.717, 1.165) is 11.1 Å². The molecule has 0 aliphatic heterocycles. The molecule has 0 radical (unpaired) electrons. The summed E-state index contributed by atoms with van der Waals surface area (Å²) < 4.78 is 19.4. The Morgan fingerprint density at radius 1 is 1.12 bits per heavy atom. The van der Waals surface area contributed by atoms with Crippen molar-refractivity contribution in [3.8, 4) is 22.8 Å². The fraction of sp³-hybridized carbons (Fsp3) is 0.211. The number of carboxylic acid groups (broad SMARTS) is 1. The number of carbonyl (C=O) groups is 1. The van der Waals surface area contributed by atoms with Gasteiger partial charge in [0.15, 0.2) is 0 Å². The summed E-state index contributed by atoms with van der Waals surface area (Å²) in [6.45, 7) is 7.24. The van der Waals surface area contributed by atoms with Gasteiger partial charge in [0.2, 0.25) is 5.82 Å². The van der Waals surface area contributed by atoms with Crippen LogP contribution in [0.4, 0.5) is 4.39 Å². The largest absolute Gasteiger partial charge is 0.478 e. The number of rotatable bonds is 3. The fourth-order valence-corrected chi connectivity index (χ4v) is 2.84. The molecule has 0 aliphatic rings. The first-order chi connectivity index (χ1) is 11.8. The monoisotopic (exact) mass is 340 g/mol. The Morgan fingerprint density at radius 2 is 1.84 bits per heavy atom. The van der Waals surface area contributed by atoms with Crippen LogP contribution in [0.1, 0.15) is 32.6 Å². The molecular formula is C19H17FN2O3. The molecule has 0 amide bonds. The first kappa shape index (κ1) is 16.8. The van der Waals surface area contributed by atoms with Crippen LogP contribution < -0.4 is 0 Å². The van der Waals surface area contributed by atoms with Crippen molar-refractivity contribution in [2.45, 2.75) is 27.7 Å². The lowest BCUT2D eigenvalue weighted by molar-refractivity contribution is 0.0696. The minimum Gasteiger partial charge on any atom is -0.478 e. The predicted molar refractivity (Wildman–Crippen MR) is 91.0 cm³/mol. The van der Waals surface area contributed by atoms with Gasteiger partial charge in [0.25, 0.3) is 5.89 Å². The third-order valence-corrected chi connectivity index (χ3v) is 4.55. The highest BCUT2D eigenvalue weighted by atomic mass is 19.1. The van der Waals surface area contributed by atoms with Gasteiger partial charge in [-0.15, -0.1) is 0 Å². The second kappa shape index (κ2) is 6.12. The third kappa shape index (κ3) is 2.80. The van der Waals surface area contributed by atoms with E-state index < -0.39 is 11.8 Å². The highest BCUT2D eigenvalue weighted by molar-refractivity contribution is 5.92. The van der Waals surface area contributed by atoms with Gasteiger partial charge in [0.05, 0.1) is 11.1 Å². The molecule has 25 heavy (non-hydrogen) atoms. The molecule has 1 N–H and O–H groups in total. The third-order valence-electron chi connectivity index (χ3n) is 4.55. The summed E-state index contributed by atoms with van der Waals surface area (Å²) in [5.41, 5.74) is 4.08. The Balaban J connectivity index is 2.17. The van der Waals surface area contributed by atoms with Gasteiger partial charge < -0.3 is 9.63 Å². The highest BCUT2D eigenvalue weighted by Crippen LogP contribution is 2.31. The van der Waals surface area contributed by atoms with Crippen LogP contribution in [0.15, 0.2) is 28.8 Å². The molecule has 1 heterocycles. The van der Waals surface area contributed by atoms with Crippen LogP contribution in [0.25, 0.3) is 22.8 Å². The molecule has 5 nitrogen and oxygen atoms in total. The molecule has 3 aromatic rings. The number of aryl methyl sites for hydroxylation is 1. The number of nitrogens with zero attached hydrogens (tertiary/aromatic N) is 2. The first-order valence-electron chi connectivity index (χ1n) is 7.75. The first-order valence-corrected chi connectivity index (χ1v) is 7.75. The zero-order valence-electron chi connectivity index (χ0n) is 14.3. The Bertz CT molecular complexity index is 972. The number of hydrogen-bond donors (Lipinski definition) is 1. The van der Waals surface area contributed by atoms with Crippen LogP contribution >= 0.6 is 0 Å². The minimum absolute atomic E-state index is 0.0695. The zero-order chi connectivity index (χ0) is 18.3. The molecule has 0 aliphatic carbocycles. The maximum atomic E-state index is 14.1. The fourth-order valence-electron chi connectivity index (χ4n) is 2.84. The summed E-state index contributed by atoms with van der Waals surface area (Å²) in [6, 6.07) is 6.23. The highest BCUT2D eigenvalue weighted by Gasteiger charge is 2.21. The van der Waals surface area contributed by atoms with E-state index in [2.05, 4.69) is 10.1 Å². The topological polar surface area (TPSA) is 76.2 Å². The Kier molecular flexibility index (Phi) is 4.12. The van der Waals surface area contributed by atoms with Crippen LogP contribution in [0.5, 0.6) is 0 Å². The normalized spacial score (nSPS) is 10.9. The summed E-state index contributed by atoms with van der Waals surface area (Å²) in [5, 5.41) is 13.3. The van der Waals surface area contributed by atoms with Crippen molar-refractivity contribution in [3.05, 3.63) is 57.9 Å². The number of hydrogen-bond acceptors (Lipinski definition) is 4. The van der Waals surface area contributed by atoms with Crippen molar-refractivity contribution in [2.24, 2.45) is 0 Å². The zero-order valence-corrected chi connectivity index (χ0v) is 14.3. The van der Waals surface area contributed by atoms with E-state index in [9.17, 15) is 14.3 Å². The quantitative estimate of drug-likeness (QED) is 0.761. The average molecular weight is 340 g/mol. The molecule has 0 unspecified atom stereocenters. The van der Waals surface area contributed by atoms with Gasteiger partial charge in [-0.05, 0) is 62.1 Å². The van der Waals surface area contributed by atoms with Crippen molar-refractivity contribution in [1.29, 1.82) is 0 Å². The van der Waals surface area contributed by atoms with Crippen LogP contribution in [0, 0.1) is 33.5 Å². The number of halogens is 1. The Hall–Kier alpha value is -3.02. The lowest BCUT2D eigenvalue weighted by atomic mass is 9.93. The molecule has 1 aromatic heterocycles. The molecule has 128 valence electrons. The second-order valence-electron chi connectivity index (χ2n) is 6.01. The standard InChI is InChI=1S/C19H17FN2O3/c1-9-6-5-7-15(20)16(9)18-21-17(22-25-18)13-8-14(19(23)24)12(4)10(2)11(13)3/h5-8H,1-4H3,(H,23,24). The van der Waals surface area contributed by atoms with E-state index in [-0.39, 0.29) is 22.8 Å². The maximum Gasteiger partial charge on any atom is 0.335 e. The Labute approximate surface area is 144 Å². The molecule has 0 fully saturated rings. The smallest absolute Gasteiger partial charge is 0.335 e. The van der Waals surface area contributed by atoms with Crippen molar-refractivity contribution in [2.75, 3.05) is 0 Å². The van der Waals surface area contributed by atoms with Crippen molar-refractivity contribution < 1.29 is 18.8 Å². The van der Waals surface area contributed by atoms with Gasteiger partial charge in [0, 0.05) is 5.56 Å². The van der Waals surface area contributed by atoms with Gasteiger partial charge in [-0.1, -0.05) is 17.3 Å². The van der Waals surface area contributed by atoms with Crippen LogP contribution in [0.3, 0.4) is 0 Å². The summed E-state index contributed by atoms with van der Waals surface area (Å²) in [7, 11) is 0. The number of aromatic carboxylic acids is 1. The lowest BCUT2D eigenvalue weighted by Crippen LogP contribution is -2.04. The molecule has 0 bridgehead atoms. The van der Waals surface area contributed by atoms with Gasteiger partial charge in [-0.25, -0.2) is 9.18 Å². The summed E-state index contributed by atoms with van der Waals surface area (Å²) in [5.74, 6) is -1.16. The van der Waals surface area contributed by atoms with E-state index >= 15 is 0 Å². The Morgan fingerprint density at radius 3 is 2.48 bits per heavy atom. The molecule has 0 spiro atoms. The molecule has 0 saturated heterocycles. The van der Waals surface area contributed by atoms with E-state index in [1.54, 1.807) is 26.0 Å². The molecule has 6 heteroatoms. The van der Waals surface area contributed by atoms with E-state index in [4.69, 9.17) is 4.52 Å². The summed E-state index contributed by atoms with van der Waals surface area (Å²) in [4.78, 5) is 15.8. The molecule has 0 saturated carbocycles. The summed E-state index contributed by atoms with van der Waals surface area (Å²) >= 11 is 0. The van der Waals surface area contributed by atoms with Gasteiger partial charge in [-0.3, -0.25) is 0 Å². The van der Waals surface area contributed by atoms with Gasteiger partial charge in [-0.2, -0.15) is 4.98 Å². The number of carboxylic acids is 1. The van der Waals surface area contributed by atoms with Crippen molar-refractivity contribution >= 4 is 5.97 Å². The van der Waals surface area contributed by atoms with Gasteiger partial charge in [0.1, 0.15) is 5.82 Å². The average Bonchev–Trinajstić information content (AvgIpc) is 3.01. The predicted octanol–water partition coefficient (Wildman–Crippen LogP) is 4.47. The van der Waals surface area contributed by atoms with E-state index in [1.807, 2.05) is 13.8 Å². The van der Waals surface area contributed by atoms with Crippen LogP contribution in [-0.2, 0) is 0 Å². The van der Waals surface area contributed by atoms with Crippen molar-refractivity contribution in [3.63, 3.8) is 0 Å². The molecule has 2 aromatic carbocycles. The van der Waals surface area contributed by atoms with Gasteiger partial charge >= 0.3 is 5.97 Å². The molecule has 0 atom stereocenters. The number of benzene rings is 2. The van der Waals surface area contributed by atoms with Crippen LogP contribution in [-0.4, -0.2) is 21.2 Å². The SMILES string of the molecule is Cc1cccc(F)c1-c1nc(-c2cc(C(=O)O)c(C)c(C)c2C)no1. The minimum atomic E-state index is -1.02. The van der Waals surface area contributed by atoms with Crippen LogP contribution in [0.2, 0.25) is 0 Å². The molecular weight excluding hydrogens is 323 g/mol. The summed E-state index contributed by atoms with van der Waals surface area (Å²) in [6.07, 6.45) is 0. The second-order valence-corrected chi connectivity index (χ2v) is 6.01. The van der Waals surface area contributed by atoms with E-state index in [0.29, 0.717) is 16.7 Å². The maximum absolute atomic E-state index is 14.1. The molecule has 3 rings (SSSR count). The van der Waals surface area contributed by atoms with Crippen molar-refractivity contribution in [1.82, 2.24) is 10.1 Å². The van der Waals surface area contributed by atoms with E-state index in [1.165, 1.54) is 12.1 Å².